The van der Waals surface area contributed by atoms with Gasteiger partial charge in [-0.15, -0.1) is 0 Å². The first-order valence-corrected chi connectivity index (χ1v) is 8.07. The van der Waals surface area contributed by atoms with Crippen LogP contribution < -0.4 is 0 Å². The number of esters is 1. The molecule has 0 saturated heterocycles. The molecule has 24 heavy (non-hydrogen) atoms. The Morgan fingerprint density at radius 3 is 2.17 bits per heavy atom. The molecule has 0 spiro atoms. The summed E-state index contributed by atoms with van der Waals surface area (Å²) in [6.45, 7) is 1.83. The number of rotatable bonds is 8. The van der Waals surface area contributed by atoms with Gasteiger partial charge in [-0.05, 0) is 25.3 Å². The van der Waals surface area contributed by atoms with E-state index in [-0.39, 0.29) is 25.2 Å². The highest BCUT2D eigenvalue weighted by Crippen LogP contribution is 2.23. The van der Waals surface area contributed by atoms with Gasteiger partial charge >= 0.3 is 5.97 Å². The molecule has 1 atom stereocenters. The monoisotopic (exact) mass is 326 g/mol. The average molecular weight is 326 g/mol. The maximum absolute atomic E-state index is 12.4. The van der Waals surface area contributed by atoms with Gasteiger partial charge in [0, 0.05) is 5.56 Å². The Kier molecular flexibility index (Phi) is 6.27. The summed E-state index contributed by atoms with van der Waals surface area (Å²) in [6.07, 6.45) is 0.329. The summed E-state index contributed by atoms with van der Waals surface area (Å²) in [7, 11) is 0. The van der Waals surface area contributed by atoms with Crippen LogP contribution in [-0.2, 0) is 16.0 Å². The summed E-state index contributed by atoms with van der Waals surface area (Å²) >= 11 is 0. The second kappa shape index (κ2) is 8.41. The highest BCUT2D eigenvalue weighted by Gasteiger charge is 2.39. The Bertz CT molecular complexity index is 667. The molecule has 0 unspecified atom stereocenters. The molecule has 0 fully saturated rings. The molecule has 0 aliphatic carbocycles. The number of hydrogen-bond acceptors (Lipinski definition) is 4. The highest BCUT2D eigenvalue weighted by molar-refractivity contribution is 5.99. The van der Waals surface area contributed by atoms with Crippen LogP contribution in [0.25, 0.3) is 0 Å². The zero-order valence-electron chi connectivity index (χ0n) is 13.8. The number of ketones is 1. The number of benzene rings is 2. The lowest BCUT2D eigenvalue weighted by atomic mass is 9.88. The largest absolute Gasteiger partial charge is 0.464 e. The first-order valence-electron chi connectivity index (χ1n) is 8.07. The predicted molar refractivity (Wildman–Crippen MR) is 91.7 cm³/mol. The van der Waals surface area contributed by atoms with Crippen LogP contribution in [0.2, 0.25) is 0 Å². The third-order valence-electron chi connectivity index (χ3n) is 3.87. The summed E-state index contributed by atoms with van der Waals surface area (Å²) in [4.78, 5) is 24.6. The molecule has 4 nitrogen and oxygen atoms in total. The topological polar surface area (TPSA) is 63.6 Å². The first-order chi connectivity index (χ1) is 11.5. The molecule has 0 radical (unpaired) electrons. The van der Waals surface area contributed by atoms with Crippen LogP contribution in [0.4, 0.5) is 0 Å². The minimum Gasteiger partial charge on any atom is -0.464 e. The lowest BCUT2D eigenvalue weighted by Crippen LogP contribution is -2.42. The zero-order valence-corrected chi connectivity index (χ0v) is 13.8. The van der Waals surface area contributed by atoms with Crippen LogP contribution in [0.15, 0.2) is 60.7 Å². The number of ether oxygens (including phenoxy) is 1. The van der Waals surface area contributed by atoms with E-state index in [4.69, 9.17) is 4.74 Å². The van der Waals surface area contributed by atoms with Gasteiger partial charge < -0.3 is 9.84 Å². The van der Waals surface area contributed by atoms with Crippen LogP contribution in [-0.4, -0.2) is 29.1 Å². The summed E-state index contributed by atoms with van der Waals surface area (Å²) < 4.78 is 4.99. The van der Waals surface area contributed by atoms with E-state index < -0.39 is 11.6 Å². The zero-order chi connectivity index (χ0) is 17.4. The third-order valence-corrected chi connectivity index (χ3v) is 3.87. The van der Waals surface area contributed by atoms with Crippen molar-refractivity contribution in [3.8, 4) is 0 Å². The van der Waals surface area contributed by atoms with E-state index in [0.717, 1.165) is 5.56 Å². The number of carbonyl (C=O) groups excluding carboxylic acids is 2. The van der Waals surface area contributed by atoms with Gasteiger partial charge in [0.1, 0.15) is 0 Å². The molecule has 4 heteroatoms. The molecule has 2 rings (SSSR count). The fourth-order valence-electron chi connectivity index (χ4n) is 2.52. The smallest absolute Gasteiger partial charge is 0.338 e. The number of carbonyl (C=O) groups is 2. The molecular formula is C20H22O4. The van der Waals surface area contributed by atoms with E-state index in [1.54, 1.807) is 31.2 Å². The minimum absolute atomic E-state index is 0.133. The Balaban J connectivity index is 2.13. The molecule has 2 aromatic carbocycles. The fourth-order valence-corrected chi connectivity index (χ4v) is 2.52. The van der Waals surface area contributed by atoms with Crippen LogP contribution >= 0.6 is 0 Å². The molecule has 0 bridgehead atoms. The van der Waals surface area contributed by atoms with E-state index >= 15 is 0 Å². The predicted octanol–water partition coefficient (Wildman–Crippen LogP) is 3.19. The normalized spacial score (nSPS) is 13.1. The molecule has 0 amide bonds. The van der Waals surface area contributed by atoms with Gasteiger partial charge in [-0.1, -0.05) is 60.7 Å². The second-order valence-electron chi connectivity index (χ2n) is 5.70. The average Bonchev–Trinajstić information content (AvgIpc) is 2.62. The Morgan fingerprint density at radius 2 is 1.58 bits per heavy atom. The maximum Gasteiger partial charge on any atom is 0.338 e. The van der Waals surface area contributed by atoms with Gasteiger partial charge in [0.05, 0.1) is 13.0 Å². The highest BCUT2D eigenvalue weighted by atomic mass is 16.5. The van der Waals surface area contributed by atoms with Crippen LogP contribution in [0.1, 0.15) is 35.7 Å². The number of aliphatic hydroxyl groups is 1. The second-order valence-corrected chi connectivity index (χ2v) is 5.70. The summed E-state index contributed by atoms with van der Waals surface area (Å²) in [6, 6.07) is 18.2. The first kappa shape index (κ1) is 17.9. The van der Waals surface area contributed by atoms with Crippen molar-refractivity contribution in [2.75, 3.05) is 6.61 Å². The van der Waals surface area contributed by atoms with Crippen molar-refractivity contribution in [3.05, 3.63) is 71.8 Å². The Hall–Kier alpha value is -2.46. The SMILES string of the molecule is CCOC(=O)[C@@](O)(CCc1ccccc1)CC(=O)c1ccccc1. The molecule has 0 aliphatic heterocycles. The van der Waals surface area contributed by atoms with E-state index in [1.165, 1.54) is 0 Å². The Morgan fingerprint density at radius 1 is 1.00 bits per heavy atom. The van der Waals surface area contributed by atoms with Crippen molar-refractivity contribution in [2.45, 2.75) is 31.8 Å². The van der Waals surface area contributed by atoms with Crippen molar-refractivity contribution in [1.29, 1.82) is 0 Å². The van der Waals surface area contributed by atoms with E-state index in [2.05, 4.69) is 0 Å². The molecule has 0 saturated carbocycles. The number of aryl methyl sites for hydroxylation is 1. The van der Waals surface area contributed by atoms with Gasteiger partial charge in [-0.3, -0.25) is 4.79 Å². The standard InChI is InChI=1S/C20H22O4/c1-2-24-19(22)20(23,14-13-16-9-5-3-6-10-16)15-18(21)17-11-7-4-8-12-17/h3-12,23H,2,13-15H2,1H3/t20-/m1/s1. The summed E-state index contributed by atoms with van der Waals surface area (Å²) in [5.74, 6) is -1.02. The van der Waals surface area contributed by atoms with Crippen LogP contribution in [0.5, 0.6) is 0 Å². The lowest BCUT2D eigenvalue weighted by Gasteiger charge is -2.25. The van der Waals surface area contributed by atoms with E-state index in [0.29, 0.717) is 12.0 Å². The fraction of sp³-hybridized carbons (Fsp3) is 0.300. The molecule has 0 aromatic heterocycles. The summed E-state index contributed by atoms with van der Waals surface area (Å²) in [5.41, 5.74) is -0.356. The van der Waals surface area contributed by atoms with Crippen molar-refractivity contribution in [2.24, 2.45) is 0 Å². The van der Waals surface area contributed by atoms with Crippen molar-refractivity contribution in [3.63, 3.8) is 0 Å². The molecule has 0 aliphatic rings. The van der Waals surface area contributed by atoms with Gasteiger partial charge in [0.25, 0.3) is 0 Å². The maximum atomic E-state index is 12.4. The van der Waals surface area contributed by atoms with Crippen LogP contribution in [0, 0.1) is 0 Å². The van der Waals surface area contributed by atoms with Gasteiger partial charge in [0.2, 0.25) is 0 Å². The quantitative estimate of drug-likeness (QED) is 0.598. The summed E-state index contributed by atoms with van der Waals surface area (Å²) in [5, 5.41) is 10.8. The number of Topliss-reactive ketones (excluding diaryl/α,β-unsaturated/α-hetero) is 1. The van der Waals surface area contributed by atoms with Gasteiger partial charge in [-0.25, -0.2) is 4.79 Å². The Labute approximate surface area is 142 Å². The molecule has 126 valence electrons. The minimum atomic E-state index is -1.82. The lowest BCUT2D eigenvalue weighted by molar-refractivity contribution is -0.165. The van der Waals surface area contributed by atoms with E-state index in [1.807, 2.05) is 36.4 Å². The molecule has 1 N–H and O–H groups in total. The van der Waals surface area contributed by atoms with Crippen molar-refractivity contribution in [1.82, 2.24) is 0 Å². The number of hydrogen-bond donors (Lipinski definition) is 1. The molecule has 0 heterocycles. The van der Waals surface area contributed by atoms with Gasteiger partial charge in [0.15, 0.2) is 11.4 Å². The molecule has 2 aromatic rings. The van der Waals surface area contributed by atoms with Crippen molar-refractivity contribution >= 4 is 11.8 Å². The third kappa shape index (κ3) is 4.77. The van der Waals surface area contributed by atoms with Crippen molar-refractivity contribution < 1.29 is 19.4 Å². The molecular weight excluding hydrogens is 304 g/mol. The van der Waals surface area contributed by atoms with Crippen LogP contribution in [0.3, 0.4) is 0 Å². The van der Waals surface area contributed by atoms with E-state index in [9.17, 15) is 14.7 Å². The van der Waals surface area contributed by atoms with Gasteiger partial charge in [-0.2, -0.15) is 0 Å².